The van der Waals surface area contributed by atoms with Gasteiger partial charge in [-0.2, -0.15) is 13.2 Å². The molecule has 0 atom stereocenters. The molecule has 0 aliphatic carbocycles. The molecule has 1 aromatic carbocycles. The average molecular weight is 316 g/mol. The lowest BCUT2D eigenvalue weighted by atomic mass is 10.1. The summed E-state index contributed by atoms with van der Waals surface area (Å²) in [6.07, 6.45) is -4.44. The minimum Gasteiger partial charge on any atom is -0.487 e. The number of carbonyl (C=O) groups is 1. The Hall–Kier alpha value is -2.02. The lowest BCUT2D eigenvalue weighted by molar-refractivity contribution is -0.138. The molecular weight excluding hydrogens is 305 g/mol. The summed E-state index contributed by atoms with van der Waals surface area (Å²) >= 11 is 1.11. The highest BCUT2D eigenvalue weighted by Crippen LogP contribution is 2.33. The summed E-state index contributed by atoms with van der Waals surface area (Å²) in [6, 6.07) is 6.67. The number of ether oxygens (including phenoxy) is 2. The van der Waals surface area contributed by atoms with Crippen molar-refractivity contribution in [3.05, 3.63) is 51.7 Å². The normalized spacial score (nSPS) is 11.2. The van der Waals surface area contributed by atoms with Crippen LogP contribution in [0.5, 0.6) is 5.75 Å². The van der Waals surface area contributed by atoms with Crippen molar-refractivity contribution >= 4 is 17.3 Å². The van der Waals surface area contributed by atoms with E-state index in [1.165, 1.54) is 31.4 Å². The van der Waals surface area contributed by atoms with E-state index in [-0.39, 0.29) is 22.8 Å². The van der Waals surface area contributed by atoms with Crippen LogP contribution in [0.4, 0.5) is 13.2 Å². The maximum atomic E-state index is 12.8. The van der Waals surface area contributed by atoms with Gasteiger partial charge >= 0.3 is 12.1 Å². The van der Waals surface area contributed by atoms with Gasteiger partial charge in [-0.1, -0.05) is 18.2 Å². The van der Waals surface area contributed by atoms with Crippen molar-refractivity contribution in [1.82, 2.24) is 0 Å². The van der Waals surface area contributed by atoms with Crippen LogP contribution in [0, 0.1) is 0 Å². The number of benzene rings is 1. The monoisotopic (exact) mass is 316 g/mol. The maximum absolute atomic E-state index is 12.8. The zero-order chi connectivity index (χ0) is 15.5. The predicted molar refractivity (Wildman–Crippen MR) is 71.4 cm³/mol. The Labute approximate surface area is 122 Å². The van der Waals surface area contributed by atoms with E-state index in [2.05, 4.69) is 4.74 Å². The van der Waals surface area contributed by atoms with Gasteiger partial charge in [0.1, 0.15) is 12.4 Å². The fraction of sp³-hybridized carbons (Fsp3) is 0.214. The molecule has 0 amide bonds. The first kappa shape index (κ1) is 15.4. The summed E-state index contributed by atoms with van der Waals surface area (Å²) in [5, 5.41) is 1.61. The maximum Gasteiger partial charge on any atom is 0.416 e. The van der Waals surface area contributed by atoms with Crippen LogP contribution in [-0.2, 0) is 17.5 Å². The average Bonchev–Trinajstić information content (AvgIpc) is 2.92. The molecule has 0 saturated carbocycles. The lowest BCUT2D eigenvalue weighted by Gasteiger charge is -2.13. The van der Waals surface area contributed by atoms with E-state index in [1.807, 2.05) is 0 Å². The summed E-state index contributed by atoms with van der Waals surface area (Å²) in [4.78, 5) is 11.7. The highest BCUT2D eigenvalue weighted by atomic mass is 32.1. The summed E-state index contributed by atoms with van der Waals surface area (Å²) in [6.45, 7) is -0.281. The van der Waals surface area contributed by atoms with Crippen LogP contribution >= 0.6 is 11.3 Å². The van der Waals surface area contributed by atoms with Crippen molar-refractivity contribution in [2.45, 2.75) is 12.8 Å². The molecule has 3 nitrogen and oxygen atoms in total. The van der Waals surface area contributed by atoms with E-state index in [0.29, 0.717) is 0 Å². The molecule has 1 aromatic heterocycles. The molecule has 2 rings (SSSR count). The number of rotatable bonds is 4. The highest BCUT2D eigenvalue weighted by Gasteiger charge is 2.33. The fourth-order valence-corrected chi connectivity index (χ4v) is 2.48. The Morgan fingerprint density at radius 3 is 2.62 bits per heavy atom. The van der Waals surface area contributed by atoms with Gasteiger partial charge in [-0.3, -0.25) is 0 Å². The minimum absolute atomic E-state index is 0.00650. The minimum atomic E-state index is -4.44. The summed E-state index contributed by atoms with van der Waals surface area (Å²) < 4.78 is 48.5. The van der Waals surface area contributed by atoms with Crippen LogP contribution < -0.4 is 4.74 Å². The van der Waals surface area contributed by atoms with Gasteiger partial charge in [-0.25, -0.2) is 4.79 Å². The van der Waals surface area contributed by atoms with E-state index < -0.39 is 17.7 Å². The van der Waals surface area contributed by atoms with Gasteiger partial charge < -0.3 is 9.47 Å². The van der Waals surface area contributed by atoms with E-state index in [4.69, 9.17) is 4.74 Å². The van der Waals surface area contributed by atoms with E-state index in [1.54, 1.807) is 5.38 Å². The standard InChI is InChI=1S/C14H11F3O3S/c1-19-13(18)12-11(6-7-21-12)20-8-9-4-2-3-5-10(9)14(15,16)17/h2-7H,8H2,1H3. The van der Waals surface area contributed by atoms with Gasteiger partial charge in [-0.15, -0.1) is 11.3 Å². The van der Waals surface area contributed by atoms with E-state index in [0.717, 1.165) is 17.4 Å². The first-order valence-electron chi connectivity index (χ1n) is 5.87. The molecule has 21 heavy (non-hydrogen) atoms. The molecule has 7 heteroatoms. The van der Waals surface area contributed by atoms with Crippen LogP contribution in [0.25, 0.3) is 0 Å². The number of halogens is 3. The molecule has 0 aliphatic rings. The molecule has 0 saturated heterocycles. The number of alkyl halides is 3. The molecule has 0 N–H and O–H groups in total. The van der Waals surface area contributed by atoms with Crippen molar-refractivity contribution in [3.63, 3.8) is 0 Å². The topological polar surface area (TPSA) is 35.5 Å². The van der Waals surface area contributed by atoms with Gasteiger partial charge in [0, 0.05) is 5.56 Å². The third-order valence-corrected chi connectivity index (χ3v) is 3.58. The van der Waals surface area contributed by atoms with Gasteiger partial charge in [0.2, 0.25) is 0 Å². The van der Waals surface area contributed by atoms with Gasteiger partial charge in [0.15, 0.2) is 4.88 Å². The summed E-state index contributed by atoms with van der Waals surface area (Å²) in [5.74, 6) is -0.368. The largest absolute Gasteiger partial charge is 0.487 e. The van der Waals surface area contributed by atoms with Crippen LogP contribution in [0.15, 0.2) is 35.7 Å². The second-order valence-electron chi connectivity index (χ2n) is 4.05. The predicted octanol–water partition coefficient (Wildman–Crippen LogP) is 4.13. The van der Waals surface area contributed by atoms with Gasteiger partial charge in [-0.05, 0) is 17.5 Å². The van der Waals surface area contributed by atoms with Crippen LogP contribution in [0.2, 0.25) is 0 Å². The highest BCUT2D eigenvalue weighted by molar-refractivity contribution is 7.12. The number of esters is 1. The fourth-order valence-electron chi connectivity index (χ4n) is 1.73. The van der Waals surface area contributed by atoms with Gasteiger partial charge in [0.25, 0.3) is 0 Å². The molecule has 0 unspecified atom stereocenters. The summed E-state index contributed by atoms with van der Waals surface area (Å²) in [5.41, 5.74) is -0.744. The van der Waals surface area contributed by atoms with Gasteiger partial charge in [0.05, 0.1) is 12.7 Å². The van der Waals surface area contributed by atoms with Crippen LogP contribution in [-0.4, -0.2) is 13.1 Å². The third-order valence-electron chi connectivity index (χ3n) is 2.71. The quantitative estimate of drug-likeness (QED) is 0.796. The zero-order valence-electron chi connectivity index (χ0n) is 10.9. The van der Waals surface area contributed by atoms with Crippen molar-refractivity contribution in [2.75, 3.05) is 7.11 Å². The van der Waals surface area contributed by atoms with Crippen LogP contribution in [0.1, 0.15) is 20.8 Å². The second-order valence-corrected chi connectivity index (χ2v) is 4.97. The van der Waals surface area contributed by atoms with Crippen molar-refractivity contribution in [3.8, 4) is 5.75 Å². The molecule has 0 fully saturated rings. The first-order valence-corrected chi connectivity index (χ1v) is 6.75. The molecule has 0 bridgehead atoms. The molecule has 0 aliphatic heterocycles. The molecular formula is C14H11F3O3S. The Kier molecular flexibility index (Phi) is 4.52. The van der Waals surface area contributed by atoms with Crippen molar-refractivity contribution in [1.29, 1.82) is 0 Å². The van der Waals surface area contributed by atoms with E-state index >= 15 is 0 Å². The van der Waals surface area contributed by atoms with Crippen LogP contribution in [0.3, 0.4) is 0 Å². The molecule has 0 spiro atoms. The number of hydrogen-bond acceptors (Lipinski definition) is 4. The second kappa shape index (κ2) is 6.17. The number of carbonyl (C=O) groups excluding carboxylic acids is 1. The smallest absolute Gasteiger partial charge is 0.416 e. The van der Waals surface area contributed by atoms with Crippen molar-refractivity contribution in [2.24, 2.45) is 0 Å². The Balaban J connectivity index is 2.18. The molecule has 0 radical (unpaired) electrons. The first-order chi connectivity index (χ1) is 9.93. The lowest BCUT2D eigenvalue weighted by Crippen LogP contribution is -2.11. The third kappa shape index (κ3) is 3.55. The van der Waals surface area contributed by atoms with Crippen molar-refractivity contribution < 1.29 is 27.4 Å². The number of methoxy groups -OCH3 is 1. The number of hydrogen-bond donors (Lipinski definition) is 0. The zero-order valence-corrected chi connectivity index (χ0v) is 11.8. The number of thiophene rings is 1. The molecule has 112 valence electrons. The Bertz CT molecular complexity index is 634. The molecule has 2 aromatic rings. The Morgan fingerprint density at radius 2 is 1.95 bits per heavy atom. The molecule has 1 heterocycles. The SMILES string of the molecule is COC(=O)c1sccc1OCc1ccccc1C(F)(F)F. The Morgan fingerprint density at radius 1 is 1.24 bits per heavy atom. The van der Waals surface area contributed by atoms with E-state index in [9.17, 15) is 18.0 Å². The summed E-state index contributed by atoms with van der Waals surface area (Å²) in [7, 11) is 1.23.